The molecule has 1 amide bonds. The number of hydrogen-bond acceptors (Lipinski definition) is 3. The average Bonchev–Trinajstić information content (AvgIpc) is 2.86. The van der Waals surface area contributed by atoms with E-state index in [0.29, 0.717) is 17.2 Å². The summed E-state index contributed by atoms with van der Waals surface area (Å²) in [7, 11) is 0. The molecule has 1 aromatic rings. The van der Waals surface area contributed by atoms with Gasteiger partial charge in [-0.05, 0) is 23.1 Å². The summed E-state index contributed by atoms with van der Waals surface area (Å²) in [5.74, 6) is -0.240. The van der Waals surface area contributed by atoms with E-state index in [1.807, 2.05) is 12.1 Å². The van der Waals surface area contributed by atoms with Crippen molar-refractivity contribution in [1.29, 1.82) is 0 Å². The Morgan fingerprint density at radius 2 is 1.85 bits per heavy atom. The number of thioether (sulfide) groups is 1. The minimum Gasteiger partial charge on any atom is -0.480 e. The molecule has 1 N–H and O–H groups in total. The number of amides is 1. The van der Waals surface area contributed by atoms with E-state index in [1.54, 1.807) is 12.1 Å². The van der Waals surface area contributed by atoms with Crippen LogP contribution in [0.15, 0.2) is 24.3 Å². The maximum atomic E-state index is 12.4. The van der Waals surface area contributed by atoms with E-state index in [1.165, 1.54) is 16.7 Å². The third-order valence-corrected chi connectivity index (χ3v) is 4.44. The van der Waals surface area contributed by atoms with Crippen molar-refractivity contribution >= 4 is 23.6 Å². The minimum atomic E-state index is -0.935. The van der Waals surface area contributed by atoms with Crippen LogP contribution in [0.2, 0.25) is 0 Å². The van der Waals surface area contributed by atoms with E-state index in [4.69, 9.17) is 5.11 Å². The first-order valence-electron chi connectivity index (χ1n) is 6.53. The van der Waals surface area contributed by atoms with Crippen molar-refractivity contribution in [1.82, 2.24) is 4.90 Å². The maximum Gasteiger partial charge on any atom is 0.327 e. The summed E-state index contributed by atoms with van der Waals surface area (Å²) in [4.78, 5) is 24.9. The molecule has 0 aromatic heterocycles. The van der Waals surface area contributed by atoms with Crippen LogP contribution >= 0.6 is 11.8 Å². The van der Waals surface area contributed by atoms with Crippen LogP contribution in [-0.4, -0.2) is 39.6 Å². The Kier molecular flexibility index (Phi) is 4.09. The molecule has 0 bridgehead atoms. The molecule has 1 saturated heterocycles. The molecule has 0 radical (unpaired) electrons. The van der Waals surface area contributed by atoms with Crippen LogP contribution in [0, 0.1) is 0 Å². The average molecular weight is 293 g/mol. The normalized spacial score (nSPS) is 19.1. The number of carbonyl (C=O) groups is 2. The summed E-state index contributed by atoms with van der Waals surface area (Å²) in [6.45, 7) is 6.34. The van der Waals surface area contributed by atoms with Gasteiger partial charge in [0.2, 0.25) is 0 Å². The summed E-state index contributed by atoms with van der Waals surface area (Å²) < 4.78 is 0. The van der Waals surface area contributed by atoms with Crippen molar-refractivity contribution in [2.75, 3.05) is 11.6 Å². The molecule has 1 unspecified atom stereocenters. The molecule has 1 aliphatic rings. The van der Waals surface area contributed by atoms with Crippen molar-refractivity contribution in [2.45, 2.75) is 32.2 Å². The van der Waals surface area contributed by atoms with Gasteiger partial charge in [-0.2, -0.15) is 0 Å². The minimum absolute atomic E-state index is 0.0364. The lowest BCUT2D eigenvalue weighted by atomic mass is 9.86. The van der Waals surface area contributed by atoms with Gasteiger partial charge in [0.15, 0.2) is 0 Å². The van der Waals surface area contributed by atoms with Gasteiger partial charge in [0.25, 0.3) is 5.91 Å². The van der Waals surface area contributed by atoms with Gasteiger partial charge in [-0.1, -0.05) is 32.9 Å². The molecule has 1 aliphatic heterocycles. The zero-order valence-corrected chi connectivity index (χ0v) is 12.7. The predicted molar refractivity (Wildman–Crippen MR) is 80.1 cm³/mol. The fourth-order valence-electron chi connectivity index (χ4n) is 2.13. The molecule has 1 atom stereocenters. The molecule has 1 heterocycles. The first-order valence-corrected chi connectivity index (χ1v) is 7.68. The summed E-state index contributed by atoms with van der Waals surface area (Å²) in [5, 5.41) is 9.12. The predicted octanol–water partition coefficient (Wildman–Crippen LogP) is 2.58. The summed E-state index contributed by atoms with van der Waals surface area (Å²) >= 11 is 1.47. The number of nitrogens with zero attached hydrogens (tertiary/aromatic N) is 1. The van der Waals surface area contributed by atoms with Gasteiger partial charge in [-0.25, -0.2) is 4.79 Å². The van der Waals surface area contributed by atoms with E-state index < -0.39 is 12.0 Å². The first kappa shape index (κ1) is 14.9. The van der Waals surface area contributed by atoms with Gasteiger partial charge in [-0.15, -0.1) is 11.8 Å². The van der Waals surface area contributed by atoms with Crippen LogP contribution < -0.4 is 0 Å². The Morgan fingerprint density at radius 3 is 2.35 bits per heavy atom. The van der Waals surface area contributed by atoms with E-state index in [2.05, 4.69) is 20.8 Å². The van der Waals surface area contributed by atoms with Crippen molar-refractivity contribution < 1.29 is 14.7 Å². The summed E-state index contributed by atoms with van der Waals surface area (Å²) in [6.07, 6.45) is 0. The van der Waals surface area contributed by atoms with Gasteiger partial charge >= 0.3 is 5.97 Å². The SMILES string of the molecule is CC(C)(C)c1ccc(C(=O)N2CSCC2C(=O)O)cc1. The van der Waals surface area contributed by atoms with Gasteiger partial charge in [0.1, 0.15) is 6.04 Å². The lowest BCUT2D eigenvalue weighted by Gasteiger charge is -2.22. The Labute approximate surface area is 123 Å². The molecule has 2 rings (SSSR count). The molecule has 0 aliphatic carbocycles. The standard InChI is InChI=1S/C15H19NO3S/c1-15(2,3)11-6-4-10(5-7-11)13(17)16-9-20-8-12(16)14(18)19/h4-7,12H,8-9H2,1-3H3,(H,18,19). The van der Waals surface area contributed by atoms with Crippen molar-refractivity contribution in [2.24, 2.45) is 0 Å². The number of benzene rings is 1. The fraction of sp³-hybridized carbons (Fsp3) is 0.467. The van der Waals surface area contributed by atoms with Gasteiger partial charge in [0, 0.05) is 11.3 Å². The van der Waals surface area contributed by atoms with Crippen molar-refractivity contribution in [3.63, 3.8) is 0 Å². The molecule has 1 aromatic carbocycles. The van der Waals surface area contributed by atoms with Gasteiger partial charge in [-0.3, -0.25) is 4.79 Å². The summed E-state index contributed by atoms with van der Waals surface area (Å²) in [5.41, 5.74) is 1.74. The quantitative estimate of drug-likeness (QED) is 0.910. The molecule has 0 saturated carbocycles. The fourth-order valence-corrected chi connectivity index (χ4v) is 3.27. The van der Waals surface area contributed by atoms with Crippen molar-refractivity contribution in [3.05, 3.63) is 35.4 Å². The topological polar surface area (TPSA) is 57.6 Å². The highest BCUT2D eigenvalue weighted by Crippen LogP contribution is 2.25. The Hall–Kier alpha value is -1.49. The van der Waals surface area contributed by atoms with E-state index in [0.717, 1.165) is 5.56 Å². The maximum absolute atomic E-state index is 12.4. The lowest BCUT2D eigenvalue weighted by molar-refractivity contribution is -0.140. The molecule has 108 valence electrons. The molecule has 0 spiro atoms. The number of carboxylic acids is 1. The van der Waals surface area contributed by atoms with E-state index in [9.17, 15) is 9.59 Å². The van der Waals surface area contributed by atoms with Crippen LogP contribution in [-0.2, 0) is 10.2 Å². The zero-order valence-electron chi connectivity index (χ0n) is 11.9. The second kappa shape index (κ2) is 5.48. The van der Waals surface area contributed by atoms with Gasteiger partial charge in [0.05, 0.1) is 5.88 Å². The highest BCUT2D eigenvalue weighted by atomic mass is 32.2. The number of rotatable bonds is 2. The Balaban J connectivity index is 2.19. The highest BCUT2D eigenvalue weighted by Gasteiger charge is 2.35. The molecule has 4 nitrogen and oxygen atoms in total. The summed E-state index contributed by atoms with van der Waals surface area (Å²) in [6, 6.07) is 6.73. The second-order valence-corrected chi connectivity index (χ2v) is 6.96. The van der Waals surface area contributed by atoms with E-state index >= 15 is 0 Å². The molecular formula is C15H19NO3S. The third-order valence-electron chi connectivity index (χ3n) is 3.43. The van der Waals surface area contributed by atoms with Crippen LogP contribution in [0.25, 0.3) is 0 Å². The lowest BCUT2D eigenvalue weighted by Crippen LogP contribution is -2.41. The Bertz CT molecular complexity index is 519. The first-order chi connectivity index (χ1) is 9.30. The van der Waals surface area contributed by atoms with Crippen LogP contribution in [0.5, 0.6) is 0 Å². The molecular weight excluding hydrogens is 274 g/mol. The number of hydrogen-bond donors (Lipinski definition) is 1. The number of aliphatic carboxylic acids is 1. The molecule has 5 heteroatoms. The smallest absolute Gasteiger partial charge is 0.327 e. The highest BCUT2D eigenvalue weighted by molar-refractivity contribution is 7.99. The monoisotopic (exact) mass is 293 g/mol. The number of carboxylic acid groups (broad SMARTS) is 1. The Morgan fingerprint density at radius 1 is 1.25 bits per heavy atom. The largest absolute Gasteiger partial charge is 0.480 e. The second-order valence-electron chi connectivity index (χ2n) is 5.96. The van der Waals surface area contributed by atoms with Crippen LogP contribution in [0.3, 0.4) is 0 Å². The van der Waals surface area contributed by atoms with Crippen molar-refractivity contribution in [3.8, 4) is 0 Å². The third kappa shape index (κ3) is 2.98. The molecule has 20 heavy (non-hydrogen) atoms. The van der Waals surface area contributed by atoms with E-state index in [-0.39, 0.29) is 11.3 Å². The zero-order chi connectivity index (χ0) is 14.9. The number of carbonyl (C=O) groups excluding carboxylic acids is 1. The molecule has 1 fully saturated rings. The van der Waals surface area contributed by atoms with Gasteiger partial charge < -0.3 is 10.0 Å². The van der Waals surface area contributed by atoms with Crippen LogP contribution in [0.4, 0.5) is 0 Å². The van der Waals surface area contributed by atoms with Crippen LogP contribution in [0.1, 0.15) is 36.7 Å².